The first kappa shape index (κ1) is 14.3. The number of hydrogen-bond acceptors (Lipinski definition) is 4. The molecular formula is C13H14N2O4S. The van der Waals surface area contributed by atoms with Crippen LogP contribution in [-0.2, 0) is 10.0 Å². The number of rotatable bonds is 3. The summed E-state index contributed by atoms with van der Waals surface area (Å²) in [5, 5.41) is 7.72. The summed E-state index contributed by atoms with van der Waals surface area (Å²) in [4.78, 5) is 11.9. The third-order valence-corrected chi connectivity index (χ3v) is 3.86. The second-order valence-corrected chi connectivity index (χ2v) is 5.95. The number of amides is 1. The van der Waals surface area contributed by atoms with Gasteiger partial charge in [0.15, 0.2) is 5.76 Å². The molecule has 0 unspecified atom stereocenters. The number of sulfonamides is 1. The van der Waals surface area contributed by atoms with Crippen molar-refractivity contribution < 1.29 is 17.6 Å². The fourth-order valence-corrected chi connectivity index (χ4v) is 2.34. The first-order valence-corrected chi connectivity index (χ1v) is 7.32. The highest BCUT2D eigenvalue weighted by atomic mass is 32.2. The van der Waals surface area contributed by atoms with Crippen LogP contribution in [0.5, 0.6) is 0 Å². The zero-order valence-electron chi connectivity index (χ0n) is 11.0. The van der Waals surface area contributed by atoms with Crippen LogP contribution >= 0.6 is 0 Å². The highest BCUT2D eigenvalue weighted by Gasteiger charge is 2.15. The van der Waals surface area contributed by atoms with E-state index in [1.165, 1.54) is 24.5 Å². The monoisotopic (exact) mass is 294 g/mol. The standard InChI is InChI=1S/C13H14N2O4S/c1-8-6-10(20(14,17)18)7-11(9(8)2)15-13(16)12-4-3-5-19-12/h3-7H,1-2H3,(H,15,16)(H2,14,17,18). The Kier molecular flexibility index (Phi) is 3.65. The molecule has 0 aliphatic rings. The molecule has 2 aromatic rings. The van der Waals surface area contributed by atoms with Crippen LogP contribution in [0.4, 0.5) is 5.69 Å². The number of benzene rings is 1. The van der Waals surface area contributed by atoms with Crippen LogP contribution in [0.3, 0.4) is 0 Å². The van der Waals surface area contributed by atoms with Gasteiger partial charge >= 0.3 is 0 Å². The number of carbonyl (C=O) groups is 1. The third kappa shape index (κ3) is 2.89. The summed E-state index contributed by atoms with van der Waals surface area (Å²) in [7, 11) is -3.83. The second kappa shape index (κ2) is 5.10. The molecule has 1 aromatic carbocycles. The fraction of sp³-hybridized carbons (Fsp3) is 0.154. The van der Waals surface area contributed by atoms with Crippen LogP contribution in [0.15, 0.2) is 39.8 Å². The zero-order chi connectivity index (χ0) is 14.9. The number of carbonyl (C=O) groups excluding carboxylic acids is 1. The lowest BCUT2D eigenvalue weighted by atomic mass is 10.1. The largest absolute Gasteiger partial charge is 0.459 e. The lowest BCUT2D eigenvalue weighted by molar-refractivity contribution is 0.0996. The molecule has 0 saturated carbocycles. The average Bonchev–Trinajstić information content (AvgIpc) is 2.87. The van der Waals surface area contributed by atoms with Crippen molar-refractivity contribution in [3.63, 3.8) is 0 Å². The van der Waals surface area contributed by atoms with E-state index in [4.69, 9.17) is 9.56 Å². The van der Waals surface area contributed by atoms with Gasteiger partial charge in [-0.1, -0.05) is 0 Å². The van der Waals surface area contributed by atoms with Gasteiger partial charge in [0.1, 0.15) is 0 Å². The minimum atomic E-state index is -3.83. The number of nitrogens with one attached hydrogen (secondary N) is 1. The maximum absolute atomic E-state index is 11.9. The van der Waals surface area contributed by atoms with Gasteiger partial charge in [0.05, 0.1) is 11.2 Å². The van der Waals surface area contributed by atoms with Crippen molar-refractivity contribution in [1.82, 2.24) is 0 Å². The first-order valence-electron chi connectivity index (χ1n) is 5.78. The molecule has 0 radical (unpaired) electrons. The summed E-state index contributed by atoms with van der Waals surface area (Å²) < 4.78 is 27.8. The maximum atomic E-state index is 11.9. The number of anilines is 1. The van der Waals surface area contributed by atoms with Gasteiger partial charge in [-0.3, -0.25) is 4.79 Å². The van der Waals surface area contributed by atoms with Crippen LogP contribution in [0.25, 0.3) is 0 Å². The Balaban J connectivity index is 2.41. The lowest BCUT2D eigenvalue weighted by Gasteiger charge is -2.11. The van der Waals surface area contributed by atoms with Crippen LogP contribution in [0.1, 0.15) is 21.7 Å². The zero-order valence-corrected chi connectivity index (χ0v) is 11.8. The first-order chi connectivity index (χ1) is 9.29. The van der Waals surface area contributed by atoms with Gasteiger partial charge in [-0.25, -0.2) is 13.6 Å². The van der Waals surface area contributed by atoms with E-state index in [9.17, 15) is 13.2 Å². The van der Waals surface area contributed by atoms with Crippen LogP contribution in [0, 0.1) is 13.8 Å². The van der Waals surface area contributed by atoms with Gasteiger partial charge in [0.25, 0.3) is 5.91 Å². The molecule has 106 valence electrons. The molecule has 7 heteroatoms. The lowest BCUT2D eigenvalue weighted by Crippen LogP contribution is -2.16. The minimum absolute atomic E-state index is 0.0460. The molecule has 0 atom stereocenters. The molecule has 2 rings (SSSR count). The molecule has 0 aliphatic carbocycles. The van der Waals surface area contributed by atoms with E-state index in [1.54, 1.807) is 19.9 Å². The summed E-state index contributed by atoms with van der Waals surface area (Å²) in [6.45, 7) is 3.52. The highest BCUT2D eigenvalue weighted by Crippen LogP contribution is 2.24. The Morgan fingerprint density at radius 3 is 2.55 bits per heavy atom. The van der Waals surface area contributed by atoms with E-state index in [-0.39, 0.29) is 10.7 Å². The van der Waals surface area contributed by atoms with Gasteiger partial charge in [0.2, 0.25) is 10.0 Å². The van der Waals surface area contributed by atoms with Crippen LogP contribution in [0.2, 0.25) is 0 Å². The summed E-state index contributed by atoms with van der Waals surface area (Å²) >= 11 is 0. The van der Waals surface area contributed by atoms with Gasteiger partial charge < -0.3 is 9.73 Å². The van der Waals surface area contributed by atoms with Crippen molar-refractivity contribution >= 4 is 21.6 Å². The van der Waals surface area contributed by atoms with E-state index in [2.05, 4.69) is 5.32 Å². The van der Waals surface area contributed by atoms with Crippen molar-refractivity contribution in [2.24, 2.45) is 5.14 Å². The summed E-state index contributed by atoms with van der Waals surface area (Å²) in [6.07, 6.45) is 1.38. The normalized spacial score (nSPS) is 11.3. The molecule has 20 heavy (non-hydrogen) atoms. The Bertz CT molecular complexity index is 749. The van der Waals surface area contributed by atoms with Crippen molar-refractivity contribution in [3.05, 3.63) is 47.4 Å². The Morgan fingerprint density at radius 2 is 2.00 bits per heavy atom. The molecule has 1 amide bonds. The predicted octanol–water partition coefficient (Wildman–Crippen LogP) is 1.80. The van der Waals surface area contributed by atoms with Gasteiger partial charge in [0, 0.05) is 5.69 Å². The Morgan fingerprint density at radius 1 is 1.30 bits per heavy atom. The number of aryl methyl sites for hydroxylation is 1. The summed E-state index contributed by atoms with van der Waals surface area (Å²) in [6, 6.07) is 5.90. The van der Waals surface area contributed by atoms with E-state index in [1.807, 2.05) is 0 Å². The minimum Gasteiger partial charge on any atom is -0.459 e. The fourth-order valence-electron chi connectivity index (χ4n) is 1.71. The van der Waals surface area contributed by atoms with Crippen molar-refractivity contribution in [2.75, 3.05) is 5.32 Å². The number of primary sulfonamides is 1. The molecule has 3 N–H and O–H groups in total. The topological polar surface area (TPSA) is 102 Å². The molecule has 0 bridgehead atoms. The number of nitrogens with two attached hydrogens (primary N) is 1. The maximum Gasteiger partial charge on any atom is 0.291 e. The van der Waals surface area contributed by atoms with E-state index < -0.39 is 15.9 Å². The molecule has 1 heterocycles. The number of furan rings is 1. The predicted molar refractivity (Wildman–Crippen MR) is 74.0 cm³/mol. The van der Waals surface area contributed by atoms with Gasteiger partial charge in [-0.15, -0.1) is 0 Å². The third-order valence-electron chi connectivity index (χ3n) is 2.96. The quantitative estimate of drug-likeness (QED) is 0.900. The van der Waals surface area contributed by atoms with Gasteiger partial charge in [-0.2, -0.15) is 0 Å². The van der Waals surface area contributed by atoms with E-state index >= 15 is 0 Å². The van der Waals surface area contributed by atoms with E-state index in [0.717, 1.165) is 5.56 Å². The molecule has 0 fully saturated rings. The molecular weight excluding hydrogens is 280 g/mol. The SMILES string of the molecule is Cc1cc(S(N)(=O)=O)cc(NC(=O)c2ccco2)c1C. The molecule has 0 spiro atoms. The molecule has 6 nitrogen and oxygen atoms in total. The molecule has 0 saturated heterocycles. The second-order valence-electron chi connectivity index (χ2n) is 4.39. The summed E-state index contributed by atoms with van der Waals surface area (Å²) in [5.41, 5.74) is 1.86. The average molecular weight is 294 g/mol. The van der Waals surface area contributed by atoms with E-state index in [0.29, 0.717) is 11.3 Å². The van der Waals surface area contributed by atoms with Crippen molar-refractivity contribution in [1.29, 1.82) is 0 Å². The molecule has 1 aromatic heterocycles. The summed E-state index contributed by atoms with van der Waals surface area (Å²) in [5.74, 6) is -0.313. The molecule has 0 aliphatic heterocycles. The van der Waals surface area contributed by atoms with Crippen LogP contribution in [-0.4, -0.2) is 14.3 Å². The van der Waals surface area contributed by atoms with Crippen molar-refractivity contribution in [2.45, 2.75) is 18.7 Å². The highest BCUT2D eigenvalue weighted by molar-refractivity contribution is 7.89. The Hall–Kier alpha value is -2.12. The van der Waals surface area contributed by atoms with Crippen molar-refractivity contribution in [3.8, 4) is 0 Å². The van der Waals surface area contributed by atoms with Crippen LogP contribution < -0.4 is 10.5 Å². The number of hydrogen-bond donors (Lipinski definition) is 2. The smallest absolute Gasteiger partial charge is 0.291 e. The van der Waals surface area contributed by atoms with Gasteiger partial charge in [-0.05, 0) is 49.2 Å². The Labute approximate surface area is 116 Å².